The van der Waals surface area contributed by atoms with Gasteiger partial charge in [0, 0.05) is 6.54 Å². The number of nitrogens with one attached hydrogen (secondary N) is 1. The van der Waals surface area contributed by atoms with Crippen molar-refractivity contribution in [2.24, 2.45) is 0 Å². The number of amides is 1. The third-order valence-corrected chi connectivity index (χ3v) is 3.96. The molecule has 2 rings (SSSR count). The van der Waals surface area contributed by atoms with Crippen molar-refractivity contribution in [1.29, 1.82) is 0 Å². The number of hydrogen-bond donors (Lipinski definition) is 1. The number of benzene rings is 2. The average Bonchev–Trinajstić information content (AvgIpc) is 2.57. The number of aryl methyl sites for hydroxylation is 2. The van der Waals surface area contributed by atoms with Crippen LogP contribution in [0.4, 0.5) is 0 Å². The highest BCUT2D eigenvalue weighted by Gasteiger charge is 2.04. The third-order valence-electron chi connectivity index (χ3n) is 3.96. The Bertz CT molecular complexity index is 647. The van der Waals surface area contributed by atoms with E-state index >= 15 is 0 Å². The van der Waals surface area contributed by atoms with Gasteiger partial charge in [-0.2, -0.15) is 0 Å². The van der Waals surface area contributed by atoms with Gasteiger partial charge in [0.1, 0.15) is 5.75 Å². The standard InChI is InChI=1S/C21H27NO2/c1-16(2)19-9-11-20(12-10-19)24-15-21(23)22-13-5-8-18-7-4-6-17(3)14-18/h4,6-7,9-12,14,16H,5,8,13,15H2,1-3H3,(H,22,23). The van der Waals surface area contributed by atoms with Gasteiger partial charge in [-0.1, -0.05) is 55.8 Å². The smallest absolute Gasteiger partial charge is 0.257 e. The van der Waals surface area contributed by atoms with Gasteiger partial charge < -0.3 is 10.1 Å². The zero-order valence-corrected chi connectivity index (χ0v) is 14.8. The molecule has 3 heteroatoms. The quantitative estimate of drug-likeness (QED) is 0.737. The van der Waals surface area contributed by atoms with E-state index in [1.807, 2.05) is 24.3 Å². The Kier molecular flexibility index (Phi) is 6.86. The van der Waals surface area contributed by atoms with Crippen molar-refractivity contribution in [3.05, 3.63) is 65.2 Å². The molecule has 0 radical (unpaired) electrons. The molecule has 0 saturated heterocycles. The highest BCUT2D eigenvalue weighted by molar-refractivity contribution is 5.77. The first-order valence-corrected chi connectivity index (χ1v) is 8.59. The summed E-state index contributed by atoms with van der Waals surface area (Å²) in [5, 5.41) is 2.90. The van der Waals surface area contributed by atoms with Crippen molar-refractivity contribution < 1.29 is 9.53 Å². The molecule has 0 unspecified atom stereocenters. The molecule has 0 spiro atoms. The number of carbonyl (C=O) groups is 1. The molecule has 0 heterocycles. The van der Waals surface area contributed by atoms with Crippen LogP contribution in [0.1, 0.15) is 42.9 Å². The number of carbonyl (C=O) groups excluding carboxylic acids is 1. The molecular weight excluding hydrogens is 298 g/mol. The van der Waals surface area contributed by atoms with Gasteiger partial charge in [-0.15, -0.1) is 0 Å². The zero-order valence-electron chi connectivity index (χ0n) is 14.8. The number of hydrogen-bond acceptors (Lipinski definition) is 2. The molecule has 1 N–H and O–H groups in total. The van der Waals surface area contributed by atoms with Gasteiger partial charge in [-0.3, -0.25) is 4.79 Å². The van der Waals surface area contributed by atoms with E-state index in [9.17, 15) is 4.79 Å². The van der Waals surface area contributed by atoms with Crippen molar-refractivity contribution in [3.8, 4) is 5.75 Å². The van der Waals surface area contributed by atoms with Crippen LogP contribution in [0.5, 0.6) is 5.75 Å². The predicted octanol–water partition coefficient (Wildman–Crippen LogP) is 4.25. The van der Waals surface area contributed by atoms with E-state index in [4.69, 9.17) is 4.74 Å². The Morgan fingerprint density at radius 1 is 1.12 bits per heavy atom. The monoisotopic (exact) mass is 325 g/mol. The fourth-order valence-electron chi connectivity index (χ4n) is 2.54. The Morgan fingerprint density at radius 2 is 1.88 bits per heavy atom. The lowest BCUT2D eigenvalue weighted by Crippen LogP contribution is -2.29. The highest BCUT2D eigenvalue weighted by Crippen LogP contribution is 2.18. The molecular formula is C21H27NO2. The van der Waals surface area contributed by atoms with Crippen LogP contribution >= 0.6 is 0 Å². The number of rotatable bonds is 8. The molecule has 24 heavy (non-hydrogen) atoms. The highest BCUT2D eigenvalue weighted by atomic mass is 16.5. The summed E-state index contributed by atoms with van der Waals surface area (Å²) in [6, 6.07) is 16.4. The maximum Gasteiger partial charge on any atom is 0.257 e. The van der Waals surface area contributed by atoms with E-state index in [0.717, 1.165) is 18.6 Å². The van der Waals surface area contributed by atoms with Crippen LogP contribution in [0, 0.1) is 6.92 Å². The fraction of sp³-hybridized carbons (Fsp3) is 0.381. The molecule has 1 amide bonds. The summed E-state index contributed by atoms with van der Waals surface area (Å²) in [7, 11) is 0. The molecule has 0 aliphatic carbocycles. The molecule has 3 nitrogen and oxygen atoms in total. The molecule has 0 aliphatic heterocycles. The first kappa shape index (κ1) is 18.1. The van der Waals surface area contributed by atoms with Crippen LogP contribution in [-0.2, 0) is 11.2 Å². The van der Waals surface area contributed by atoms with E-state index in [2.05, 4.69) is 50.4 Å². The second kappa shape index (κ2) is 9.11. The summed E-state index contributed by atoms with van der Waals surface area (Å²) in [4.78, 5) is 11.8. The van der Waals surface area contributed by atoms with E-state index in [0.29, 0.717) is 12.5 Å². The molecule has 0 saturated carbocycles. The van der Waals surface area contributed by atoms with Gasteiger partial charge in [0.25, 0.3) is 5.91 Å². The summed E-state index contributed by atoms with van der Waals surface area (Å²) in [6.45, 7) is 7.13. The average molecular weight is 325 g/mol. The molecule has 0 atom stereocenters. The van der Waals surface area contributed by atoms with E-state index in [1.54, 1.807) is 0 Å². The van der Waals surface area contributed by atoms with Crippen molar-refractivity contribution >= 4 is 5.91 Å². The van der Waals surface area contributed by atoms with Crippen LogP contribution in [-0.4, -0.2) is 19.1 Å². The third kappa shape index (κ3) is 6.07. The van der Waals surface area contributed by atoms with E-state index in [1.165, 1.54) is 16.7 Å². The molecule has 0 aliphatic rings. The summed E-state index contributed by atoms with van der Waals surface area (Å²) in [5.41, 5.74) is 3.85. The Balaban J connectivity index is 1.64. The van der Waals surface area contributed by atoms with Gasteiger partial charge in [0.2, 0.25) is 0 Å². The molecule has 0 fully saturated rings. The zero-order chi connectivity index (χ0) is 17.4. The molecule has 0 bridgehead atoms. The topological polar surface area (TPSA) is 38.3 Å². The van der Waals surface area contributed by atoms with Crippen molar-refractivity contribution in [2.75, 3.05) is 13.2 Å². The van der Waals surface area contributed by atoms with Gasteiger partial charge in [-0.05, 0) is 48.9 Å². The van der Waals surface area contributed by atoms with Crippen LogP contribution in [0.3, 0.4) is 0 Å². The Hall–Kier alpha value is -2.29. The minimum atomic E-state index is -0.0767. The summed E-state index contributed by atoms with van der Waals surface area (Å²) >= 11 is 0. The maximum absolute atomic E-state index is 11.8. The first-order chi connectivity index (χ1) is 11.5. The minimum absolute atomic E-state index is 0.0610. The fourth-order valence-corrected chi connectivity index (χ4v) is 2.54. The van der Waals surface area contributed by atoms with Crippen molar-refractivity contribution in [3.63, 3.8) is 0 Å². The lowest BCUT2D eigenvalue weighted by Gasteiger charge is -2.09. The van der Waals surface area contributed by atoms with Crippen LogP contribution in [0.15, 0.2) is 48.5 Å². The van der Waals surface area contributed by atoms with Crippen molar-refractivity contribution in [2.45, 2.75) is 39.5 Å². The molecule has 2 aromatic rings. The Labute approximate surface area is 145 Å². The first-order valence-electron chi connectivity index (χ1n) is 8.59. The summed E-state index contributed by atoms with van der Waals surface area (Å²) in [6.07, 6.45) is 1.90. The van der Waals surface area contributed by atoms with Crippen LogP contribution < -0.4 is 10.1 Å². The summed E-state index contributed by atoms with van der Waals surface area (Å²) in [5.74, 6) is 1.15. The van der Waals surface area contributed by atoms with Gasteiger partial charge in [0.15, 0.2) is 6.61 Å². The van der Waals surface area contributed by atoms with Gasteiger partial charge >= 0.3 is 0 Å². The summed E-state index contributed by atoms with van der Waals surface area (Å²) < 4.78 is 5.52. The molecule has 2 aromatic carbocycles. The second-order valence-corrected chi connectivity index (χ2v) is 6.45. The number of ether oxygens (including phenoxy) is 1. The lowest BCUT2D eigenvalue weighted by molar-refractivity contribution is -0.123. The minimum Gasteiger partial charge on any atom is -0.484 e. The van der Waals surface area contributed by atoms with Gasteiger partial charge in [0.05, 0.1) is 0 Å². The predicted molar refractivity (Wildman–Crippen MR) is 98.5 cm³/mol. The molecule has 0 aromatic heterocycles. The normalized spacial score (nSPS) is 10.7. The molecule has 128 valence electrons. The van der Waals surface area contributed by atoms with E-state index < -0.39 is 0 Å². The SMILES string of the molecule is Cc1cccc(CCCNC(=O)COc2ccc(C(C)C)cc2)c1. The van der Waals surface area contributed by atoms with Gasteiger partial charge in [-0.25, -0.2) is 0 Å². The lowest BCUT2D eigenvalue weighted by atomic mass is 10.0. The largest absolute Gasteiger partial charge is 0.484 e. The van der Waals surface area contributed by atoms with Crippen LogP contribution in [0.2, 0.25) is 0 Å². The maximum atomic E-state index is 11.8. The second-order valence-electron chi connectivity index (χ2n) is 6.45. The van der Waals surface area contributed by atoms with E-state index in [-0.39, 0.29) is 12.5 Å². The van der Waals surface area contributed by atoms with Crippen molar-refractivity contribution in [1.82, 2.24) is 5.32 Å². The Morgan fingerprint density at radius 3 is 2.54 bits per heavy atom. The van der Waals surface area contributed by atoms with Crippen LogP contribution in [0.25, 0.3) is 0 Å².